The highest BCUT2D eigenvalue weighted by Gasteiger charge is 2.15. The van der Waals surface area contributed by atoms with Crippen molar-refractivity contribution in [2.45, 2.75) is 6.42 Å². The van der Waals surface area contributed by atoms with Gasteiger partial charge in [0.05, 0.1) is 18.2 Å². The van der Waals surface area contributed by atoms with E-state index in [2.05, 4.69) is 20.7 Å². The highest BCUT2D eigenvalue weighted by Crippen LogP contribution is 2.14. The smallest absolute Gasteiger partial charge is 0.339 e. The van der Waals surface area contributed by atoms with Crippen LogP contribution in [0.25, 0.3) is 0 Å². The molecule has 1 rings (SSSR count). The van der Waals surface area contributed by atoms with E-state index < -0.39 is 5.97 Å². The number of carbonyl (C=O) groups excluding carboxylic acids is 2. The molecule has 0 heterocycles. The van der Waals surface area contributed by atoms with Gasteiger partial charge in [-0.05, 0) is 12.1 Å². The van der Waals surface area contributed by atoms with Crippen molar-refractivity contribution in [1.82, 2.24) is 0 Å². The summed E-state index contributed by atoms with van der Waals surface area (Å²) in [6.45, 7) is 0. The SMILES string of the molecule is COC(=O)c1cc(C(=O)CCBr)ccc1C#N. The van der Waals surface area contributed by atoms with E-state index in [0.29, 0.717) is 17.3 Å². The van der Waals surface area contributed by atoms with Crippen LogP contribution in [0, 0.1) is 11.3 Å². The lowest BCUT2D eigenvalue weighted by Crippen LogP contribution is -2.07. The van der Waals surface area contributed by atoms with Crippen LogP contribution in [0.1, 0.15) is 32.7 Å². The quantitative estimate of drug-likeness (QED) is 0.486. The van der Waals surface area contributed by atoms with Gasteiger partial charge in [0.25, 0.3) is 0 Å². The molecule has 0 aliphatic carbocycles. The van der Waals surface area contributed by atoms with E-state index in [1.165, 1.54) is 25.3 Å². The summed E-state index contributed by atoms with van der Waals surface area (Å²) in [6, 6.07) is 6.28. The summed E-state index contributed by atoms with van der Waals surface area (Å²) in [4.78, 5) is 23.1. The first-order chi connectivity index (χ1) is 8.13. The summed E-state index contributed by atoms with van der Waals surface area (Å²) < 4.78 is 4.56. The third kappa shape index (κ3) is 3.14. The predicted octanol–water partition coefficient (Wildman–Crippen LogP) is 2.31. The number of carbonyl (C=O) groups is 2. The Balaban J connectivity index is 3.19. The van der Waals surface area contributed by atoms with Gasteiger partial charge in [0, 0.05) is 17.3 Å². The molecule has 1 aromatic carbocycles. The average Bonchev–Trinajstić information content (AvgIpc) is 2.37. The molecule has 4 nitrogen and oxygen atoms in total. The Hall–Kier alpha value is -1.67. The van der Waals surface area contributed by atoms with E-state index >= 15 is 0 Å². The number of Topliss-reactive ketones (excluding diaryl/α,β-unsaturated/α-hetero) is 1. The zero-order chi connectivity index (χ0) is 12.8. The number of alkyl halides is 1. The Bertz CT molecular complexity index is 491. The number of nitrogens with zero attached hydrogens (tertiary/aromatic N) is 1. The molecule has 5 heteroatoms. The summed E-state index contributed by atoms with van der Waals surface area (Å²) in [7, 11) is 1.23. The third-order valence-corrected chi connectivity index (χ3v) is 2.59. The molecule has 0 radical (unpaired) electrons. The first-order valence-corrected chi connectivity index (χ1v) is 5.97. The second-order valence-corrected chi connectivity index (χ2v) is 4.02. The molecule has 0 aromatic heterocycles. The van der Waals surface area contributed by atoms with Crippen LogP contribution in [0.15, 0.2) is 18.2 Å². The van der Waals surface area contributed by atoms with E-state index in [-0.39, 0.29) is 16.9 Å². The fourth-order valence-corrected chi connectivity index (χ4v) is 1.68. The molecule has 0 unspecified atom stereocenters. The highest BCUT2D eigenvalue weighted by atomic mass is 79.9. The van der Waals surface area contributed by atoms with Crippen LogP contribution in [0.5, 0.6) is 0 Å². The average molecular weight is 296 g/mol. The standard InChI is InChI=1S/C12H10BrNO3/c1-17-12(16)10-6-8(11(15)4-5-13)2-3-9(10)7-14/h2-3,6H,4-5H2,1H3. The molecule has 0 N–H and O–H groups in total. The van der Waals surface area contributed by atoms with Crippen molar-refractivity contribution < 1.29 is 14.3 Å². The van der Waals surface area contributed by atoms with E-state index in [0.717, 1.165) is 0 Å². The zero-order valence-electron chi connectivity index (χ0n) is 9.20. The lowest BCUT2D eigenvalue weighted by Gasteiger charge is -2.04. The van der Waals surface area contributed by atoms with Gasteiger partial charge in [-0.2, -0.15) is 5.26 Å². The number of halogens is 1. The number of hydrogen-bond donors (Lipinski definition) is 0. The number of ether oxygens (including phenoxy) is 1. The molecule has 0 saturated heterocycles. The molecule has 0 aliphatic rings. The van der Waals surface area contributed by atoms with Crippen LogP contribution < -0.4 is 0 Å². The van der Waals surface area contributed by atoms with Gasteiger partial charge in [0.15, 0.2) is 5.78 Å². The maximum atomic E-state index is 11.6. The van der Waals surface area contributed by atoms with Crippen LogP contribution in [0.2, 0.25) is 0 Å². The Morgan fingerprint density at radius 3 is 2.71 bits per heavy atom. The van der Waals surface area contributed by atoms with Crippen molar-refractivity contribution in [2.24, 2.45) is 0 Å². The van der Waals surface area contributed by atoms with Gasteiger partial charge >= 0.3 is 5.97 Å². The number of hydrogen-bond acceptors (Lipinski definition) is 4. The molecule has 0 amide bonds. The molecule has 0 fully saturated rings. The highest BCUT2D eigenvalue weighted by molar-refractivity contribution is 9.09. The second-order valence-electron chi connectivity index (χ2n) is 3.23. The summed E-state index contributed by atoms with van der Waals surface area (Å²) in [5.74, 6) is -0.702. The number of benzene rings is 1. The largest absolute Gasteiger partial charge is 0.465 e. The van der Waals surface area contributed by atoms with Crippen molar-refractivity contribution in [3.8, 4) is 6.07 Å². The van der Waals surface area contributed by atoms with Crippen LogP contribution >= 0.6 is 15.9 Å². The van der Waals surface area contributed by atoms with E-state index in [1.807, 2.05) is 6.07 Å². The van der Waals surface area contributed by atoms with Crippen molar-refractivity contribution in [1.29, 1.82) is 5.26 Å². The van der Waals surface area contributed by atoms with Crippen molar-refractivity contribution in [2.75, 3.05) is 12.4 Å². The van der Waals surface area contributed by atoms with E-state index in [4.69, 9.17) is 5.26 Å². The minimum atomic E-state index is -0.616. The molecule has 0 spiro atoms. The normalized spacial score (nSPS) is 9.47. The fraction of sp³-hybridized carbons (Fsp3) is 0.250. The summed E-state index contributed by atoms with van der Waals surface area (Å²) >= 11 is 3.17. The summed E-state index contributed by atoms with van der Waals surface area (Å²) in [6.07, 6.45) is 0.340. The van der Waals surface area contributed by atoms with E-state index in [9.17, 15) is 9.59 Å². The zero-order valence-corrected chi connectivity index (χ0v) is 10.8. The van der Waals surface area contributed by atoms with Gasteiger partial charge in [0.1, 0.15) is 6.07 Å². The Labute approximate surface area is 107 Å². The lowest BCUT2D eigenvalue weighted by molar-refractivity contribution is 0.0600. The number of nitriles is 1. The molecule has 88 valence electrons. The molecular formula is C12H10BrNO3. The minimum absolute atomic E-state index is 0.0866. The van der Waals surface area contributed by atoms with Crippen LogP contribution in [-0.4, -0.2) is 24.2 Å². The Kier molecular flexibility index (Phi) is 4.85. The maximum absolute atomic E-state index is 11.6. The van der Waals surface area contributed by atoms with Gasteiger partial charge in [0.2, 0.25) is 0 Å². The molecule has 0 saturated carbocycles. The first kappa shape index (κ1) is 13.4. The molecule has 17 heavy (non-hydrogen) atoms. The monoisotopic (exact) mass is 295 g/mol. The van der Waals surface area contributed by atoms with Gasteiger partial charge < -0.3 is 4.74 Å². The minimum Gasteiger partial charge on any atom is -0.465 e. The van der Waals surface area contributed by atoms with Crippen LogP contribution in [0.3, 0.4) is 0 Å². The van der Waals surface area contributed by atoms with Crippen LogP contribution in [0.4, 0.5) is 0 Å². The predicted molar refractivity (Wildman–Crippen MR) is 65.2 cm³/mol. The Morgan fingerprint density at radius 1 is 1.47 bits per heavy atom. The maximum Gasteiger partial charge on any atom is 0.339 e. The van der Waals surface area contributed by atoms with Gasteiger partial charge in [-0.25, -0.2) is 4.79 Å². The molecular weight excluding hydrogens is 286 g/mol. The van der Waals surface area contributed by atoms with E-state index in [1.54, 1.807) is 0 Å². The van der Waals surface area contributed by atoms with Gasteiger partial charge in [-0.15, -0.1) is 0 Å². The molecule has 0 atom stereocenters. The second kappa shape index (κ2) is 6.16. The Morgan fingerprint density at radius 2 is 2.18 bits per heavy atom. The first-order valence-electron chi connectivity index (χ1n) is 4.85. The summed E-state index contributed by atoms with van der Waals surface area (Å²) in [5.41, 5.74) is 0.728. The van der Waals surface area contributed by atoms with Crippen LogP contribution in [-0.2, 0) is 4.74 Å². The lowest BCUT2D eigenvalue weighted by atomic mass is 10.0. The number of ketones is 1. The van der Waals surface area contributed by atoms with Gasteiger partial charge in [-0.1, -0.05) is 22.0 Å². The number of esters is 1. The number of rotatable bonds is 4. The third-order valence-electron chi connectivity index (χ3n) is 2.19. The molecule has 0 aliphatic heterocycles. The van der Waals surface area contributed by atoms with Crippen molar-refractivity contribution in [3.63, 3.8) is 0 Å². The van der Waals surface area contributed by atoms with Crippen molar-refractivity contribution in [3.05, 3.63) is 34.9 Å². The summed E-state index contributed by atoms with van der Waals surface area (Å²) in [5, 5.41) is 9.40. The topological polar surface area (TPSA) is 67.2 Å². The molecule has 1 aromatic rings. The fourth-order valence-electron chi connectivity index (χ4n) is 1.32. The van der Waals surface area contributed by atoms with Gasteiger partial charge in [-0.3, -0.25) is 4.79 Å². The van der Waals surface area contributed by atoms with Crippen molar-refractivity contribution >= 4 is 27.7 Å². The number of methoxy groups -OCH3 is 1. The molecule has 0 bridgehead atoms.